The van der Waals surface area contributed by atoms with Crippen LogP contribution in [-0.2, 0) is 0 Å². The molecule has 0 aliphatic heterocycles. The van der Waals surface area contributed by atoms with Crippen LogP contribution in [-0.4, -0.2) is 28.8 Å². The van der Waals surface area contributed by atoms with E-state index in [1.54, 1.807) is 0 Å². The third-order valence-electron chi connectivity index (χ3n) is 4.19. The molecule has 0 bridgehead atoms. The van der Waals surface area contributed by atoms with Gasteiger partial charge in [-0.3, -0.25) is 0 Å². The molecular formula is C17H27NOS. The maximum Gasteiger partial charge on any atom is 0.0443 e. The van der Waals surface area contributed by atoms with E-state index in [9.17, 15) is 0 Å². The van der Waals surface area contributed by atoms with E-state index in [1.165, 1.54) is 17.5 Å². The fraction of sp³-hybridized carbons (Fsp3) is 0.647. The highest BCUT2D eigenvalue weighted by Gasteiger charge is 2.33. The number of hydrogen-bond donors (Lipinski definition) is 2. The number of rotatable bonds is 6. The minimum absolute atomic E-state index is 0.291. The molecule has 2 N–H and O–H groups in total. The first-order valence-electron chi connectivity index (χ1n) is 7.75. The van der Waals surface area contributed by atoms with Gasteiger partial charge in [0.25, 0.3) is 0 Å². The molecule has 0 saturated carbocycles. The molecule has 112 valence electrons. The Kier molecular flexibility index (Phi) is 5.94. The maximum atomic E-state index is 9.12. The molecule has 1 aliphatic carbocycles. The summed E-state index contributed by atoms with van der Waals surface area (Å²) < 4.78 is 0. The first-order chi connectivity index (χ1) is 9.67. The Bertz CT molecular complexity index is 423. The van der Waals surface area contributed by atoms with Gasteiger partial charge in [-0.2, -0.15) is 11.8 Å². The summed E-state index contributed by atoms with van der Waals surface area (Å²) in [6.45, 7) is 8.04. The van der Waals surface area contributed by atoms with E-state index < -0.39 is 0 Å². The van der Waals surface area contributed by atoms with Gasteiger partial charge in [-0.1, -0.05) is 45.0 Å². The fourth-order valence-corrected chi connectivity index (χ4v) is 4.84. The molecule has 20 heavy (non-hydrogen) atoms. The highest BCUT2D eigenvalue weighted by atomic mass is 32.2. The van der Waals surface area contributed by atoms with Crippen molar-refractivity contribution in [3.05, 3.63) is 35.4 Å². The van der Waals surface area contributed by atoms with Gasteiger partial charge in [0.1, 0.15) is 0 Å². The lowest BCUT2D eigenvalue weighted by Gasteiger charge is -2.38. The molecule has 2 rings (SSSR count). The van der Waals surface area contributed by atoms with Gasteiger partial charge in [0, 0.05) is 23.1 Å². The lowest BCUT2D eigenvalue weighted by atomic mass is 9.80. The van der Waals surface area contributed by atoms with Crippen LogP contribution in [0.1, 0.15) is 56.7 Å². The van der Waals surface area contributed by atoms with Crippen LogP contribution in [0.3, 0.4) is 0 Å². The largest absolute Gasteiger partial charge is 0.396 e. The molecule has 4 atom stereocenters. The number of thioether (sulfide) groups is 1. The third kappa shape index (κ3) is 3.57. The molecule has 1 aromatic rings. The van der Waals surface area contributed by atoms with Crippen molar-refractivity contribution in [3.8, 4) is 0 Å². The number of nitrogens with one attached hydrogen (secondary N) is 1. The molecule has 1 aliphatic rings. The summed E-state index contributed by atoms with van der Waals surface area (Å²) in [6, 6.07) is 9.31. The first-order valence-corrected chi connectivity index (χ1v) is 8.70. The molecule has 1 aromatic carbocycles. The average Bonchev–Trinajstić information content (AvgIpc) is 2.43. The minimum atomic E-state index is 0.291. The van der Waals surface area contributed by atoms with E-state index in [2.05, 4.69) is 50.4 Å². The van der Waals surface area contributed by atoms with Crippen LogP contribution in [0.2, 0.25) is 0 Å². The fourth-order valence-electron chi connectivity index (χ4n) is 3.20. The molecule has 4 unspecified atom stereocenters. The van der Waals surface area contributed by atoms with Crippen LogP contribution in [0, 0.1) is 0 Å². The van der Waals surface area contributed by atoms with Crippen LogP contribution in [0.5, 0.6) is 0 Å². The number of hydrogen-bond acceptors (Lipinski definition) is 3. The second kappa shape index (κ2) is 7.48. The van der Waals surface area contributed by atoms with E-state index in [-0.39, 0.29) is 0 Å². The summed E-state index contributed by atoms with van der Waals surface area (Å²) in [5.41, 5.74) is 2.98. The van der Waals surface area contributed by atoms with Crippen molar-refractivity contribution in [2.45, 2.75) is 56.1 Å². The van der Waals surface area contributed by atoms with Gasteiger partial charge in [0.05, 0.1) is 0 Å². The predicted octanol–water partition coefficient (Wildman–Crippen LogP) is 3.72. The van der Waals surface area contributed by atoms with Crippen LogP contribution in [0.4, 0.5) is 0 Å². The lowest BCUT2D eigenvalue weighted by Crippen LogP contribution is -2.36. The molecule has 0 fully saturated rings. The topological polar surface area (TPSA) is 32.3 Å². The molecule has 3 heteroatoms. The summed E-state index contributed by atoms with van der Waals surface area (Å²) in [7, 11) is 0. The Morgan fingerprint density at radius 2 is 2.05 bits per heavy atom. The van der Waals surface area contributed by atoms with Crippen molar-refractivity contribution < 1.29 is 5.11 Å². The summed E-state index contributed by atoms with van der Waals surface area (Å²) in [5, 5.41) is 13.9. The Labute approximate surface area is 127 Å². The van der Waals surface area contributed by atoms with E-state index in [0.29, 0.717) is 29.1 Å². The van der Waals surface area contributed by atoms with Crippen molar-refractivity contribution in [2.75, 3.05) is 13.2 Å². The normalized spacial score (nSPS) is 27.1. The molecule has 0 heterocycles. The van der Waals surface area contributed by atoms with E-state index in [1.807, 2.05) is 11.8 Å². The van der Waals surface area contributed by atoms with Gasteiger partial charge in [0.2, 0.25) is 0 Å². The average molecular weight is 293 g/mol. The number of fused-ring (bicyclic) bond motifs is 1. The Balaban J connectivity index is 2.20. The highest BCUT2D eigenvalue weighted by Crippen LogP contribution is 2.44. The van der Waals surface area contributed by atoms with Crippen LogP contribution in [0.15, 0.2) is 24.3 Å². The Morgan fingerprint density at radius 3 is 2.70 bits per heavy atom. The summed E-state index contributed by atoms with van der Waals surface area (Å²) in [6.07, 6.45) is 2.10. The summed E-state index contributed by atoms with van der Waals surface area (Å²) in [5.74, 6) is 0.625. The van der Waals surface area contributed by atoms with Crippen molar-refractivity contribution in [1.82, 2.24) is 5.32 Å². The third-order valence-corrected chi connectivity index (χ3v) is 5.70. The standard InChI is InChI=1S/C17H27NOS/c1-4-18-17-15-8-6-5-7-14(15)12(2)11-16(17)20-13(3)9-10-19/h5-8,12-13,16-19H,4,9-11H2,1-3H3. The lowest BCUT2D eigenvalue weighted by molar-refractivity contribution is 0.288. The monoisotopic (exact) mass is 293 g/mol. The summed E-state index contributed by atoms with van der Waals surface area (Å²) >= 11 is 2.04. The van der Waals surface area contributed by atoms with Crippen LogP contribution >= 0.6 is 11.8 Å². The van der Waals surface area contributed by atoms with Gasteiger partial charge >= 0.3 is 0 Å². The smallest absolute Gasteiger partial charge is 0.0443 e. The number of benzene rings is 1. The SMILES string of the molecule is CCNC1c2ccccc2C(C)CC1SC(C)CCO. The van der Waals surface area contributed by atoms with Crippen molar-refractivity contribution in [3.63, 3.8) is 0 Å². The van der Waals surface area contributed by atoms with Gasteiger partial charge in [0.15, 0.2) is 0 Å². The van der Waals surface area contributed by atoms with E-state index in [4.69, 9.17) is 5.11 Å². The zero-order chi connectivity index (χ0) is 14.5. The van der Waals surface area contributed by atoms with Gasteiger partial charge in [-0.15, -0.1) is 0 Å². The minimum Gasteiger partial charge on any atom is -0.396 e. The zero-order valence-corrected chi connectivity index (χ0v) is 13.6. The van der Waals surface area contributed by atoms with Crippen molar-refractivity contribution in [1.29, 1.82) is 0 Å². The molecule has 0 spiro atoms. The number of aliphatic hydroxyl groups excluding tert-OH is 1. The van der Waals surface area contributed by atoms with Gasteiger partial charge in [-0.25, -0.2) is 0 Å². The summed E-state index contributed by atoms with van der Waals surface area (Å²) in [4.78, 5) is 0. The molecule has 0 radical (unpaired) electrons. The van der Waals surface area contributed by atoms with Gasteiger partial charge < -0.3 is 10.4 Å². The second-order valence-corrected chi connectivity index (χ2v) is 7.48. The van der Waals surface area contributed by atoms with Gasteiger partial charge in [-0.05, 0) is 36.4 Å². The molecule has 0 aromatic heterocycles. The van der Waals surface area contributed by atoms with E-state index >= 15 is 0 Å². The number of aliphatic hydroxyl groups is 1. The van der Waals surface area contributed by atoms with Crippen LogP contribution < -0.4 is 5.32 Å². The first kappa shape index (κ1) is 15.9. The van der Waals surface area contributed by atoms with Crippen molar-refractivity contribution >= 4 is 11.8 Å². The molecule has 2 nitrogen and oxygen atoms in total. The zero-order valence-electron chi connectivity index (χ0n) is 12.8. The highest BCUT2D eigenvalue weighted by molar-refractivity contribution is 8.00. The predicted molar refractivity (Wildman–Crippen MR) is 88.4 cm³/mol. The maximum absolute atomic E-state index is 9.12. The molecule has 0 amide bonds. The second-order valence-electron chi connectivity index (χ2n) is 5.80. The molecular weight excluding hydrogens is 266 g/mol. The Morgan fingerprint density at radius 1 is 1.35 bits per heavy atom. The quantitative estimate of drug-likeness (QED) is 0.838. The van der Waals surface area contributed by atoms with Crippen LogP contribution in [0.25, 0.3) is 0 Å². The van der Waals surface area contributed by atoms with Crippen molar-refractivity contribution in [2.24, 2.45) is 0 Å². The Hall–Kier alpha value is -0.510. The molecule has 0 saturated heterocycles. The van der Waals surface area contributed by atoms with E-state index in [0.717, 1.165) is 13.0 Å².